The van der Waals surface area contributed by atoms with Gasteiger partial charge in [0.25, 0.3) is 0 Å². The number of anilines is 1. The van der Waals surface area contributed by atoms with E-state index in [0.717, 1.165) is 35.7 Å². The lowest BCUT2D eigenvalue weighted by Gasteiger charge is -2.23. The molecular weight excluding hydrogens is 452 g/mol. The van der Waals surface area contributed by atoms with Crippen molar-refractivity contribution in [3.8, 4) is 5.75 Å². The quantitative estimate of drug-likeness (QED) is 0.211. The van der Waals surface area contributed by atoms with E-state index in [1.54, 1.807) is 30.3 Å². The van der Waals surface area contributed by atoms with Crippen LogP contribution in [0, 0.1) is 17.0 Å². The average molecular weight is 482 g/mol. The molecule has 0 saturated carbocycles. The highest BCUT2D eigenvalue weighted by Crippen LogP contribution is 2.35. The molecule has 0 fully saturated rings. The molecule has 184 valence electrons. The Morgan fingerprint density at radius 1 is 1.09 bits per heavy atom. The minimum absolute atomic E-state index is 0.0395. The summed E-state index contributed by atoms with van der Waals surface area (Å²) < 4.78 is 33.9. The van der Waals surface area contributed by atoms with Crippen molar-refractivity contribution in [2.45, 2.75) is 45.8 Å². The molecule has 0 aromatic heterocycles. The molecule has 5 N–H and O–H groups in total. The number of rotatable bonds is 11. The molecule has 35 heavy (non-hydrogen) atoms. The lowest BCUT2D eigenvalue weighted by atomic mass is 9.95. The number of benzene rings is 3. The van der Waals surface area contributed by atoms with Gasteiger partial charge in [0.05, 0.1) is 0 Å². The van der Waals surface area contributed by atoms with Gasteiger partial charge in [0.2, 0.25) is 0 Å². The van der Waals surface area contributed by atoms with Crippen molar-refractivity contribution >= 4 is 17.5 Å². The molecule has 3 aromatic rings. The first-order valence-corrected chi connectivity index (χ1v) is 11.4. The van der Waals surface area contributed by atoms with Gasteiger partial charge < -0.3 is 20.9 Å². The zero-order valence-corrected chi connectivity index (χ0v) is 19.7. The molecule has 1 atom stereocenters. The normalized spacial score (nSPS) is 11.7. The summed E-state index contributed by atoms with van der Waals surface area (Å²) in [5.41, 5.74) is 8.71. The summed E-state index contributed by atoms with van der Waals surface area (Å²) >= 11 is 0. The number of carbonyl (C=O) groups is 1. The van der Waals surface area contributed by atoms with E-state index in [4.69, 9.17) is 15.9 Å². The topological polar surface area (TPSA) is 108 Å². The maximum atomic E-state index is 14.2. The van der Waals surface area contributed by atoms with Gasteiger partial charge in [-0.25, -0.2) is 13.6 Å². The highest BCUT2D eigenvalue weighted by molar-refractivity contribution is 5.95. The number of aliphatic carboxylic acids is 1. The molecule has 0 spiro atoms. The third-order valence-electron chi connectivity index (χ3n) is 5.63. The van der Waals surface area contributed by atoms with Crippen molar-refractivity contribution in [3.05, 3.63) is 94.0 Å². The van der Waals surface area contributed by atoms with E-state index >= 15 is 0 Å². The summed E-state index contributed by atoms with van der Waals surface area (Å²) in [6.45, 7) is 3.72. The van der Waals surface area contributed by atoms with E-state index in [1.165, 1.54) is 0 Å². The second-order valence-corrected chi connectivity index (χ2v) is 8.21. The number of nitrogen functional groups attached to an aromatic ring is 1. The Labute approximate surface area is 203 Å². The minimum Gasteiger partial charge on any atom is -0.488 e. The van der Waals surface area contributed by atoms with E-state index in [-0.39, 0.29) is 18.0 Å². The Morgan fingerprint density at radius 3 is 2.40 bits per heavy atom. The summed E-state index contributed by atoms with van der Waals surface area (Å²) in [4.78, 5) is 12.4. The molecule has 8 heteroatoms. The fraction of sp³-hybridized carbons (Fsp3) is 0.259. The maximum Gasteiger partial charge on any atom is 0.330 e. The molecule has 0 amide bonds. The van der Waals surface area contributed by atoms with Gasteiger partial charge in [-0.05, 0) is 72.5 Å². The van der Waals surface area contributed by atoms with Crippen LogP contribution >= 0.6 is 0 Å². The maximum absolute atomic E-state index is 14.2. The van der Waals surface area contributed by atoms with Crippen molar-refractivity contribution in [1.29, 1.82) is 5.41 Å². The Bertz CT molecular complexity index is 1210. The largest absolute Gasteiger partial charge is 0.488 e. The summed E-state index contributed by atoms with van der Waals surface area (Å²) in [5.74, 6) is -2.06. The van der Waals surface area contributed by atoms with E-state index in [2.05, 4.69) is 5.32 Å². The standard InChI is InChI=1S/C27H29F2N3O3/c1-3-5-18-12-16(4-2)13-22(25(18)35-15-19-14-20(28)8-11-23(19)29)24(27(33)34)32-21-9-6-17(7-10-21)26(30)31/h6-14,24,32H,3-5,15H2,1-2H3,(H3,30,31)(H,33,34). The van der Waals surface area contributed by atoms with Crippen LogP contribution in [-0.4, -0.2) is 16.9 Å². The minimum atomic E-state index is -1.17. The highest BCUT2D eigenvalue weighted by atomic mass is 19.1. The van der Waals surface area contributed by atoms with Crippen LogP contribution in [0.3, 0.4) is 0 Å². The van der Waals surface area contributed by atoms with Crippen LogP contribution in [0.1, 0.15) is 54.1 Å². The average Bonchev–Trinajstić information content (AvgIpc) is 2.83. The van der Waals surface area contributed by atoms with E-state index in [1.807, 2.05) is 19.9 Å². The van der Waals surface area contributed by atoms with Crippen molar-refractivity contribution in [2.24, 2.45) is 5.73 Å². The fourth-order valence-electron chi connectivity index (χ4n) is 3.82. The second-order valence-electron chi connectivity index (χ2n) is 8.21. The number of hydrogen-bond acceptors (Lipinski definition) is 4. The van der Waals surface area contributed by atoms with E-state index < -0.39 is 23.6 Å². The molecule has 0 aliphatic heterocycles. The zero-order chi connectivity index (χ0) is 25.5. The summed E-state index contributed by atoms with van der Waals surface area (Å²) in [6, 6.07) is 12.2. The summed E-state index contributed by atoms with van der Waals surface area (Å²) in [6.07, 6.45) is 2.10. The van der Waals surface area contributed by atoms with Gasteiger partial charge in [-0.15, -0.1) is 0 Å². The Balaban J connectivity index is 2.04. The third-order valence-corrected chi connectivity index (χ3v) is 5.63. The lowest BCUT2D eigenvalue weighted by molar-refractivity contribution is -0.138. The smallest absolute Gasteiger partial charge is 0.330 e. The first-order chi connectivity index (χ1) is 16.7. The van der Waals surface area contributed by atoms with Crippen molar-refractivity contribution in [1.82, 2.24) is 0 Å². The van der Waals surface area contributed by atoms with Gasteiger partial charge in [-0.2, -0.15) is 0 Å². The number of ether oxygens (including phenoxy) is 1. The molecule has 0 saturated heterocycles. The Hall–Kier alpha value is -3.94. The Kier molecular flexibility index (Phi) is 8.41. The molecule has 6 nitrogen and oxygen atoms in total. The summed E-state index contributed by atoms with van der Waals surface area (Å²) in [5, 5.41) is 20.7. The number of amidine groups is 1. The molecule has 0 bridgehead atoms. The molecule has 3 aromatic carbocycles. The number of carboxylic acid groups (broad SMARTS) is 1. The van der Waals surface area contributed by atoms with Gasteiger partial charge >= 0.3 is 5.97 Å². The van der Waals surface area contributed by atoms with Gasteiger partial charge in [0.15, 0.2) is 6.04 Å². The third kappa shape index (κ3) is 6.35. The van der Waals surface area contributed by atoms with Crippen LogP contribution in [0.15, 0.2) is 54.6 Å². The van der Waals surface area contributed by atoms with Crippen LogP contribution in [0.5, 0.6) is 5.75 Å². The van der Waals surface area contributed by atoms with Crippen LogP contribution in [0.25, 0.3) is 0 Å². The van der Waals surface area contributed by atoms with Crippen LogP contribution in [-0.2, 0) is 24.2 Å². The first kappa shape index (κ1) is 25.7. The van der Waals surface area contributed by atoms with Crippen molar-refractivity contribution in [3.63, 3.8) is 0 Å². The zero-order valence-electron chi connectivity index (χ0n) is 19.7. The van der Waals surface area contributed by atoms with Crippen LogP contribution < -0.4 is 15.8 Å². The molecule has 3 rings (SSSR count). The number of halogens is 2. The van der Waals surface area contributed by atoms with E-state index in [9.17, 15) is 18.7 Å². The number of aryl methyl sites for hydroxylation is 2. The van der Waals surface area contributed by atoms with Crippen LogP contribution in [0.4, 0.5) is 14.5 Å². The predicted octanol–water partition coefficient (Wildman–Crippen LogP) is 5.58. The second kappa shape index (κ2) is 11.5. The van der Waals surface area contributed by atoms with E-state index in [0.29, 0.717) is 35.4 Å². The molecule has 0 aliphatic carbocycles. The van der Waals surface area contributed by atoms with Gasteiger partial charge in [0.1, 0.15) is 29.8 Å². The van der Waals surface area contributed by atoms with Crippen molar-refractivity contribution in [2.75, 3.05) is 5.32 Å². The Morgan fingerprint density at radius 2 is 1.80 bits per heavy atom. The predicted molar refractivity (Wildman–Crippen MR) is 132 cm³/mol. The van der Waals surface area contributed by atoms with Crippen molar-refractivity contribution < 1.29 is 23.4 Å². The number of carboxylic acids is 1. The lowest BCUT2D eigenvalue weighted by Crippen LogP contribution is -2.22. The monoisotopic (exact) mass is 481 g/mol. The first-order valence-electron chi connectivity index (χ1n) is 11.4. The molecule has 0 heterocycles. The number of nitrogens with two attached hydrogens (primary N) is 1. The molecule has 0 aliphatic rings. The number of nitrogens with one attached hydrogen (secondary N) is 2. The van der Waals surface area contributed by atoms with Crippen LogP contribution in [0.2, 0.25) is 0 Å². The molecular formula is C27H29F2N3O3. The molecule has 0 radical (unpaired) electrons. The SMILES string of the molecule is CCCc1cc(CC)cc(C(Nc2ccc(C(=N)N)cc2)C(=O)O)c1OCc1cc(F)ccc1F. The highest BCUT2D eigenvalue weighted by Gasteiger charge is 2.26. The fourth-order valence-corrected chi connectivity index (χ4v) is 3.82. The van der Waals surface area contributed by atoms with Gasteiger partial charge in [0, 0.05) is 22.4 Å². The van der Waals surface area contributed by atoms with Gasteiger partial charge in [-0.3, -0.25) is 5.41 Å². The summed E-state index contributed by atoms with van der Waals surface area (Å²) in [7, 11) is 0. The molecule has 1 unspecified atom stereocenters. The van der Waals surface area contributed by atoms with Gasteiger partial charge in [-0.1, -0.05) is 26.3 Å². The number of hydrogen-bond donors (Lipinski definition) is 4.